The Morgan fingerprint density at radius 3 is 2.35 bits per heavy atom. The van der Waals surface area contributed by atoms with Crippen LogP contribution >= 0.6 is 15.9 Å². The molecular weight excluding hydrogens is 460 g/mol. The third-order valence-corrected chi connectivity index (χ3v) is 5.67. The number of anilines is 1. The number of rotatable bonds is 8. The quantitative estimate of drug-likeness (QED) is 0.362. The Morgan fingerprint density at radius 1 is 0.903 bits per heavy atom. The molecule has 0 radical (unpaired) electrons. The van der Waals surface area contributed by atoms with Gasteiger partial charge in [0.1, 0.15) is 33.7 Å². The van der Waals surface area contributed by atoms with E-state index in [1.165, 1.54) is 0 Å². The van der Waals surface area contributed by atoms with Crippen molar-refractivity contribution in [3.63, 3.8) is 0 Å². The lowest BCUT2D eigenvalue weighted by molar-refractivity contribution is 0.390. The van der Waals surface area contributed by atoms with Crippen molar-refractivity contribution in [2.45, 2.75) is 13.1 Å². The van der Waals surface area contributed by atoms with Gasteiger partial charge in [-0.15, -0.1) is 0 Å². The molecule has 0 N–H and O–H groups in total. The summed E-state index contributed by atoms with van der Waals surface area (Å²) in [5.41, 5.74) is 3.07. The van der Waals surface area contributed by atoms with E-state index in [2.05, 4.69) is 37.9 Å². The molecule has 0 amide bonds. The summed E-state index contributed by atoms with van der Waals surface area (Å²) >= 11 is 3.54. The van der Waals surface area contributed by atoms with Gasteiger partial charge in [0.2, 0.25) is 0 Å². The van der Waals surface area contributed by atoms with Crippen molar-refractivity contribution in [1.29, 1.82) is 0 Å². The minimum Gasteiger partial charge on any atom is -0.497 e. The molecule has 8 heteroatoms. The normalized spacial score (nSPS) is 10.8. The Balaban J connectivity index is 1.75. The van der Waals surface area contributed by atoms with Crippen LogP contribution in [0.1, 0.15) is 11.1 Å². The van der Waals surface area contributed by atoms with Crippen LogP contribution in [-0.2, 0) is 13.1 Å². The lowest BCUT2D eigenvalue weighted by atomic mass is 10.1. The number of hydrogen-bond donors (Lipinski definition) is 0. The Bertz CT molecular complexity index is 1180. The molecule has 0 aliphatic carbocycles. The molecule has 0 saturated heterocycles. The van der Waals surface area contributed by atoms with Crippen LogP contribution in [0.3, 0.4) is 0 Å². The van der Waals surface area contributed by atoms with Crippen LogP contribution in [0.4, 0.5) is 5.82 Å². The van der Waals surface area contributed by atoms with E-state index in [0.717, 1.165) is 44.3 Å². The van der Waals surface area contributed by atoms with E-state index in [0.29, 0.717) is 13.1 Å². The fourth-order valence-electron chi connectivity index (χ4n) is 3.46. The number of aromatic nitrogens is 3. The highest BCUT2D eigenvalue weighted by Crippen LogP contribution is 2.30. The van der Waals surface area contributed by atoms with Crippen LogP contribution in [-0.4, -0.2) is 35.7 Å². The lowest BCUT2D eigenvalue weighted by Crippen LogP contribution is -2.24. The fraction of sp³-hybridized carbons (Fsp3) is 0.217. The molecule has 2 heterocycles. The van der Waals surface area contributed by atoms with E-state index in [9.17, 15) is 0 Å². The van der Waals surface area contributed by atoms with Crippen LogP contribution in [0, 0.1) is 0 Å². The molecule has 0 fully saturated rings. The van der Waals surface area contributed by atoms with Gasteiger partial charge in [0, 0.05) is 24.7 Å². The Kier molecular flexibility index (Phi) is 6.27. The monoisotopic (exact) mass is 482 g/mol. The predicted molar refractivity (Wildman–Crippen MR) is 123 cm³/mol. The van der Waals surface area contributed by atoms with E-state index in [-0.39, 0.29) is 0 Å². The first-order valence-electron chi connectivity index (χ1n) is 9.68. The van der Waals surface area contributed by atoms with Gasteiger partial charge in [-0.25, -0.2) is 9.97 Å². The number of ether oxygens (including phenoxy) is 3. The zero-order valence-electron chi connectivity index (χ0n) is 17.6. The molecule has 0 spiro atoms. The first-order chi connectivity index (χ1) is 15.1. The summed E-state index contributed by atoms with van der Waals surface area (Å²) in [4.78, 5) is 11.2. The third-order valence-electron chi connectivity index (χ3n) is 5.08. The van der Waals surface area contributed by atoms with Gasteiger partial charge in [0.15, 0.2) is 5.82 Å². The third kappa shape index (κ3) is 4.44. The maximum absolute atomic E-state index is 5.63. The second-order valence-electron chi connectivity index (χ2n) is 6.94. The molecular formula is C23H23BrN4O3. The molecule has 4 rings (SSSR count). The molecule has 0 aliphatic heterocycles. The SMILES string of the molecule is COc1ccc(CN(Cc2ccc(OC)cc2OC)c2ncc(Br)n3cncc23)cc1. The smallest absolute Gasteiger partial charge is 0.155 e. The van der Waals surface area contributed by atoms with Gasteiger partial charge < -0.3 is 19.1 Å². The number of hydrogen-bond acceptors (Lipinski definition) is 6. The standard InChI is InChI=1S/C23H23BrN4O3/c1-29-18-7-4-16(5-8-18)13-27(14-17-6-9-19(30-2)10-21(17)31-3)23-20-11-25-15-28(20)22(24)12-26-23/h4-12,15H,13-14H2,1-3H3. The Morgan fingerprint density at radius 2 is 1.65 bits per heavy atom. The number of imidazole rings is 1. The van der Waals surface area contributed by atoms with Crippen molar-refractivity contribution in [2.75, 3.05) is 26.2 Å². The predicted octanol–water partition coefficient (Wildman–Crippen LogP) is 4.72. The van der Waals surface area contributed by atoms with E-state index >= 15 is 0 Å². The molecule has 2 aromatic carbocycles. The average Bonchev–Trinajstić information content (AvgIpc) is 3.30. The van der Waals surface area contributed by atoms with Crippen molar-refractivity contribution in [3.8, 4) is 17.2 Å². The molecule has 2 aromatic heterocycles. The second-order valence-corrected chi connectivity index (χ2v) is 7.75. The van der Waals surface area contributed by atoms with Crippen molar-refractivity contribution in [1.82, 2.24) is 14.4 Å². The summed E-state index contributed by atoms with van der Waals surface area (Å²) in [6.45, 7) is 1.24. The maximum Gasteiger partial charge on any atom is 0.155 e. The van der Waals surface area contributed by atoms with Gasteiger partial charge in [0.05, 0.1) is 33.7 Å². The minimum absolute atomic E-state index is 0.592. The molecule has 7 nitrogen and oxygen atoms in total. The van der Waals surface area contributed by atoms with E-state index in [1.807, 2.05) is 40.9 Å². The van der Waals surface area contributed by atoms with Crippen LogP contribution in [0.5, 0.6) is 17.2 Å². The molecule has 0 bridgehead atoms. The molecule has 160 valence electrons. The molecule has 4 aromatic rings. The second kappa shape index (κ2) is 9.26. The molecule has 0 saturated carbocycles. The Hall–Kier alpha value is -3.26. The fourth-order valence-corrected chi connectivity index (χ4v) is 3.85. The highest BCUT2D eigenvalue weighted by molar-refractivity contribution is 9.10. The molecule has 0 atom stereocenters. The summed E-state index contributed by atoms with van der Waals surface area (Å²) < 4.78 is 19.1. The van der Waals surface area contributed by atoms with Gasteiger partial charge in [-0.3, -0.25) is 4.40 Å². The average molecular weight is 483 g/mol. The van der Waals surface area contributed by atoms with Gasteiger partial charge in [-0.2, -0.15) is 0 Å². The van der Waals surface area contributed by atoms with E-state index < -0.39 is 0 Å². The van der Waals surface area contributed by atoms with Crippen molar-refractivity contribution < 1.29 is 14.2 Å². The van der Waals surface area contributed by atoms with Crippen molar-refractivity contribution in [2.24, 2.45) is 0 Å². The number of benzene rings is 2. The topological polar surface area (TPSA) is 61.1 Å². The highest BCUT2D eigenvalue weighted by atomic mass is 79.9. The summed E-state index contributed by atoms with van der Waals surface area (Å²) in [6, 6.07) is 13.9. The molecule has 0 unspecified atom stereocenters. The van der Waals surface area contributed by atoms with Crippen molar-refractivity contribution in [3.05, 3.63) is 76.9 Å². The van der Waals surface area contributed by atoms with Gasteiger partial charge in [-0.05, 0) is 45.8 Å². The summed E-state index contributed by atoms with van der Waals surface area (Å²) in [5.74, 6) is 3.17. The largest absolute Gasteiger partial charge is 0.497 e. The van der Waals surface area contributed by atoms with E-state index in [1.54, 1.807) is 33.9 Å². The zero-order valence-corrected chi connectivity index (χ0v) is 19.2. The highest BCUT2D eigenvalue weighted by Gasteiger charge is 2.18. The van der Waals surface area contributed by atoms with Crippen LogP contribution in [0.25, 0.3) is 5.52 Å². The zero-order chi connectivity index (χ0) is 21.8. The van der Waals surface area contributed by atoms with Gasteiger partial charge >= 0.3 is 0 Å². The molecule has 0 aliphatic rings. The number of halogens is 1. The Labute approximate surface area is 189 Å². The number of nitrogens with zero attached hydrogens (tertiary/aromatic N) is 4. The first-order valence-corrected chi connectivity index (χ1v) is 10.5. The number of methoxy groups -OCH3 is 3. The maximum atomic E-state index is 5.63. The van der Waals surface area contributed by atoms with Gasteiger partial charge in [0.25, 0.3) is 0 Å². The summed E-state index contributed by atoms with van der Waals surface area (Å²) in [7, 11) is 4.98. The van der Waals surface area contributed by atoms with Crippen LogP contribution < -0.4 is 19.1 Å². The lowest BCUT2D eigenvalue weighted by Gasteiger charge is -2.26. The van der Waals surface area contributed by atoms with Crippen molar-refractivity contribution >= 4 is 27.3 Å². The van der Waals surface area contributed by atoms with Gasteiger partial charge in [-0.1, -0.05) is 12.1 Å². The number of fused-ring (bicyclic) bond motifs is 1. The van der Waals surface area contributed by atoms with Crippen LogP contribution in [0.2, 0.25) is 0 Å². The summed E-state index contributed by atoms with van der Waals surface area (Å²) in [6.07, 6.45) is 5.37. The van der Waals surface area contributed by atoms with Crippen LogP contribution in [0.15, 0.2) is 65.8 Å². The minimum atomic E-state index is 0.592. The summed E-state index contributed by atoms with van der Waals surface area (Å²) in [5, 5.41) is 0. The van der Waals surface area contributed by atoms with E-state index in [4.69, 9.17) is 19.2 Å². The first kappa shape index (κ1) is 21.0. The molecule has 31 heavy (non-hydrogen) atoms.